The minimum absolute atomic E-state index is 0.0106. The molecule has 7 heteroatoms. The van der Waals surface area contributed by atoms with E-state index in [9.17, 15) is 8.42 Å². The van der Waals surface area contributed by atoms with Crippen molar-refractivity contribution >= 4 is 26.5 Å². The van der Waals surface area contributed by atoms with Crippen molar-refractivity contribution in [3.8, 4) is 0 Å². The average Bonchev–Trinajstić information content (AvgIpc) is 2.65. The second-order valence-electron chi connectivity index (χ2n) is 5.42. The van der Waals surface area contributed by atoms with Gasteiger partial charge in [0, 0.05) is 6.04 Å². The van der Waals surface area contributed by atoms with E-state index in [1.54, 1.807) is 6.92 Å². The monoisotopic (exact) mass is 303 g/mol. The lowest BCUT2D eigenvalue weighted by Crippen LogP contribution is -2.43. The van der Waals surface area contributed by atoms with Gasteiger partial charge in [-0.15, -0.1) is 0 Å². The largest absolute Gasteiger partial charge is 0.375 e. The molecule has 1 heterocycles. The lowest BCUT2D eigenvalue weighted by molar-refractivity contribution is 0.227. The van der Waals surface area contributed by atoms with Gasteiger partial charge in [0.2, 0.25) is 0 Å². The summed E-state index contributed by atoms with van der Waals surface area (Å²) < 4.78 is 27.9. The van der Waals surface area contributed by atoms with Crippen molar-refractivity contribution in [3.63, 3.8) is 0 Å². The molecule has 0 radical (unpaired) electrons. The first-order valence-corrected chi connectivity index (χ1v) is 8.86. The fraction of sp³-hybridized carbons (Fsp3) is 0.750. The highest BCUT2D eigenvalue weighted by atomic mass is 32.2. The van der Waals surface area contributed by atoms with E-state index in [0.29, 0.717) is 22.7 Å². The van der Waals surface area contributed by atoms with Crippen LogP contribution in [0.1, 0.15) is 38.8 Å². The van der Waals surface area contributed by atoms with E-state index in [2.05, 4.69) is 23.6 Å². The van der Waals surface area contributed by atoms with Crippen molar-refractivity contribution in [2.45, 2.75) is 50.3 Å². The van der Waals surface area contributed by atoms with Crippen LogP contribution in [0.4, 0.5) is 5.13 Å². The van der Waals surface area contributed by atoms with E-state index < -0.39 is 10.0 Å². The van der Waals surface area contributed by atoms with Gasteiger partial charge in [-0.2, -0.15) is 0 Å². The summed E-state index contributed by atoms with van der Waals surface area (Å²) in [5.74, 6) is 0.906. The Morgan fingerprint density at radius 3 is 2.63 bits per heavy atom. The number of thiazole rings is 1. The molecule has 3 unspecified atom stereocenters. The number of nitrogens with one attached hydrogen (secondary N) is 1. The van der Waals surface area contributed by atoms with Gasteiger partial charge in [0.15, 0.2) is 9.34 Å². The molecule has 1 fully saturated rings. The van der Waals surface area contributed by atoms with Crippen LogP contribution < -0.4 is 10.5 Å². The van der Waals surface area contributed by atoms with Crippen molar-refractivity contribution in [2.24, 2.45) is 11.8 Å². The van der Waals surface area contributed by atoms with Crippen molar-refractivity contribution in [1.82, 2.24) is 9.71 Å². The van der Waals surface area contributed by atoms with Crippen LogP contribution in [0, 0.1) is 18.8 Å². The molecule has 0 bridgehead atoms. The molecular formula is C12H21N3O2S2. The number of nitrogens with two attached hydrogens (primary N) is 1. The zero-order chi connectivity index (χ0) is 14.2. The average molecular weight is 303 g/mol. The third kappa shape index (κ3) is 3.09. The third-order valence-electron chi connectivity index (χ3n) is 4.03. The van der Waals surface area contributed by atoms with Crippen LogP contribution in [0.5, 0.6) is 0 Å². The molecule has 5 nitrogen and oxygen atoms in total. The summed E-state index contributed by atoms with van der Waals surface area (Å²) >= 11 is 1.03. The molecule has 1 aliphatic rings. The highest BCUT2D eigenvalue weighted by molar-refractivity contribution is 7.91. The number of sulfonamides is 1. The van der Waals surface area contributed by atoms with E-state index in [-0.39, 0.29) is 10.3 Å². The lowest BCUT2D eigenvalue weighted by atomic mass is 9.78. The first-order chi connectivity index (χ1) is 8.81. The number of nitrogen functional groups attached to an aromatic ring is 1. The molecule has 1 aromatic heterocycles. The van der Waals surface area contributed by atoms with Crippen LogP contribution in [0.15, 0.2) is 4.21 Å². The number of hydrogen-bond donors (Lipinski definition) is 2. The van der Waals surface area contributed by atoms with E-state index in [1.165, 1.54) is 6.42 Å². The number of aryl methyl sites for hydroxylation is 1. The topological polar surface area (TPSA) is 85.1 Å². The second kappa shape index (κ2) is 5.38. The van der Waals surface area contributed by atoms with Crippen LogP contribution in [-0.2, 0) is 10.0 Å². The molecule has 0 aromatic carbocycles. The summed E-state index contributed by atoms with van der Waals surface area (Å²) in [6.07, 6.45) is 3.15. The summed E-state index contributed by atoms with van der Waals surface area (Å²) in [6.45, 7) is 5.97. The van der Waals surface area contributed by atoms with Crippen molar-refractivity contribution in [2.75, 3.05) is 5.73 Å². The fourth-order valence-electron chi connectivity index (χ4n) is 2.65. The lowest BCUT2D eigenvalue weighted by Gasteiger charge is -2.34. The molecule has 19 heavy (non-hydrogen) atoms. The van der Waals surface area contributed by atoms with Crippen molar-refractivity contribution in [3.05, 3.63) is 5.69 Å². The summed E-state index contributed by atoms with van der Waals surface area (Å²) in [5.41, 5.74) is 6.05. The Labute approximate surface area is 118 Å². The molecule has 1 aliphatic carbocycles. The standard InChI is InChI=1S/C12H21N3O2S2/c1-7-5-4-6-10(8(7)2)15-19(16,17)11-9(3)14-12(13)18-11/h7-8,10,15H,4-6H2,1-3H3,(H2,13,14). The van der Waals surface area contributed by atoms with Gasteiger partial charge >= 0.3 is 0 Å². The molecule has 0 aliphatic heterocycles. The van der Waals surface area contributed by atoms with Gasteiger partial charge in [-0.3, -0.25) is 0 Å². The third-order valence-corrected chi connectivity index (χ3v) is 7.11. The van der Waals surface area contributed by atoms with Crippen molar-refractivity contribution in [1.29, 1.82) is 0 Å². The number of hydrogen-bond acceptors (Lipinski definition) is 5. The molecule has 0 saturated heterocycles. The van der Waals surface area contributed by atoms with Gasteiger partial charge in [-0.25, -0.2) is 18.1 Å². The Hall–Kier alpha value is -0.660. The van der Waals surface area contributed by atoms with Crippen LogP contribution in [0.25, 0.3) is 0 Å². The second-order valence-corrected chi connectivity index (χ2v) is 8.36. The molecule has 2 rings (SSSR count). The first kappa shape index (κ1) is 14.7. The molecular weight excluding hydrogens is 282 g/mol. The maximum Gasteiger partial charge on any atom is 0.252 e. The quantitative estimate of drug-likeness (QED) is 0.896. The Morgan fingerprint density at radius 1 is 1.37 bits per heavy atom. The van der Waals surface area contributed by atoms with Gasteiger partial charge in [0.05, 0.1) is 5.69 Å². The molecule has 1 saturated carbocycles. The molecule has 108 valence electrons. The van der Waals surface area contributed by atoms with E-state index in [1.807, 2.05) is 0 Å². The van der Waals surface area contributed by atoms with Crippen LogP contribution in [0.3, 0.4) is 0 Å². The predicted molar refractivity (Wildman–Crippen MR) is 77.6 cm³/mol. The Balaban J connectivity index is 2.20. The maximum absolute atomic E-state index is 12.4. The Bertz CT molecular complexity index is 553. The molecule has 3 atom stereocenters. The molecule has 1 aromatic rings. The number of aromatic nitrogens is 1. The summed E-state index contributed by atoms with van der Waals surface area (Å²) in [4.78, 5) is 3.98. The molecule has 0 spiro atoms. The maximum atomic E-state index is 12.4. The Morgan fingerprint density at radius 2 is 2.05 bits per heavy atom. The summed E-state index contributed by atoms with van der Waals surface area (Å²) in [6, 6.07) is 0.0106. The molecule has 0 amide bonds. The van der Waals surface area contributed by atoms with E-state index >= 15 is 0 Å². The zero-order valence-corrected chi connectivity index (χ0v) is 13.1. The minimum atomic E-state index is -3.50. The van der Waals surface area contributed by atoms with Crippen LogP contribution in [0.2, 0.25) is 0 Å². The van der Waals surface area contributed by atoms with Crippen molar-refractivity contribution < 1.29 is 8.42 Å². The van der Waals surface area contributed by atoms with Gasteiger partial charge in [0.25, 0.3) is 10.0 Å². The zero-order valence-electron chi connectivity index (χ0n) is 11.5. The summed E-state index contributed by atoms with van der Waals surface area (Å²) in [5, 5.41) is 0.294. The number of anilines is 1. The van der Waals surface area contributed by atoms with Gasteiger partial charge in [-0.1, -0.05) is 38.0 Å². The highest BCUT2D eigenvalue weighted by Crippen LogP contribution is 2.32. The molecule has 3 N–H and O–H groups in total. The first-order valence-electron chi connectivity index (χ1n) is 6.56. The Kier molecular flexibility index (Phi) is 4.17. The van der Waals surface area contributed by atoms with Gasteiger partial charge in [0.1, 0.15) is 0 Å². The highest BCUT2D eigenvalue weighted by Gasteiger charge is 2.32. The minimum Gasteiger partial charge on any atom is -0.375 e. The predicted octanol–water partition coefficient (Wildman–Crippen LogP) is 2.14. The van der Waals surface area contributed by atoms with E-state index in [0.717, 1.165) is 24.2 Å². The van der Waals surface area contributed by atoms with Gasteiger partial charge < -0.3 is 5.73 Å². The SMILES string of the molecule is Cc1nc(N)sc1S(=O)(=O)NC1CCCC(C)C1C. The number of nitrogens with zero attached hydrogens (tertiary/aromatic N) is 1. The fourth-order valence-corrected chi connectivity index (χ4v) is 5.33. The summed E-state index contributed by atoms with van der Waals surface area (Å²) in [7, 11) is -3.50. The number of rotatable bonds is 3. The van der Waals surface area contributed by atoms with Gasteiger partial charge in [-0.05, 0) is 25.2 Å². The normalized spacial score (nSPS) is 28.5. The van der Waals surface area contributed by atoms with Crippen LogP contribution >= 0.6 is 11.3 Å². The van der Waals surface area contributed by atoms with Crippen LogP contribution in [-0.4, -0.2) is 19.4 Å². The van der Waals surface area contributed by atoms with E-state index in [4.69, 9.17) is 5.73 Å². The smallest absolute Gasteiger partial charge is 0.252 e.